The molecule has 5 aromatic rings. The van der Waals surface area contributed by atoms with Crippen LogP contribution in [0.5, 0.6) is 0 Å². The van der Waals surface area contributed by atoms with Crippen molar-refractivity contribution in [1.29, 1.82) is 0 Å². The molecule has 0 spiro atoms. The standard InChI is InChI=1S/C23H22N6O2S2/c1-14-11-15(2)25-23-18(14)19-20(32-23)22-26-21(27-29(22)13-24-19)16-7-6-10-28(12-16)33(30,31)17-8-4-3-5-9-17/h3-5,8-9,11,13,16H,6-7,10,12H2,1-2H3/t16-/m0/s1. The summed E-state index contributed by atoms with van der Waals surface area (Å²) in [6.07, 6.45) is 3.31. The highest BCUT2D eigenvalue weighted by molar-refractivity contribution is 7.89. The lowest BCUT2D eigenvalue weighted by atomic mass is 9.99. The molecule has 0 bridgehead atoms. The van der Waals surface area contributed by atoms with E-state index in [2.05, 4.69) is 18.0 Å². The molecule has 8 nitrogen and oxygen atoms in total. The number of hydrogen-bond acceptors (Lipinski definition) is 7. The summed E-state index contributed by atoms with van der Waals surface area (Å²) in [5.41, 5.74) is 3.77. The van der Waals surface area contributed by atoms with E-state index < -0.39 is 10.0 Å². The molecule has 0 unspecified atom stereocenters. The fourth-order valence-corrected chi connectivity index (χ4v) is 7.44. The lowest BCUT2D eigenvalue weighted by Crippen LogP contribution is -2.39. The first-order chi connectivity index (χ1) is 15.9. The van der Waals surface area contributed by atoms with Gasteiger partial charge in [-0.3, -0.25) is 0 Å². The summed E-state index contributed by atoms with van der Waals surface area (Å²) in [6.45, 7) is 4.95. The zero-order valence-corrected chi connectivity index (χ0v) is 19.9. The summed E-state index contributed by atoms with van der Waals surface area (Å²) in [4.78, 5) is 15.5. The van der Waals surface area contributed by atoms with Gasteiger partial charge in [-0.25, -0.2) is 27.9 Å². The number of aryl methyl sites for hydroxylation is 2. The number of sulfonamides is 1. The van der Waals surface area contributed by atoms with Crippen LogP contribution in [0.3, 0.4) is 0 Å². The molecule has 1 fully saturated rings. The average molecular weight is 479 g/mol. The van der Waals surface area contributed by atoms with Gasteiger partial charge in [0.1, 0.15) is 15.9 Å². The second-order valence-corrected chi connectivity index (χ2v) is 11.5. The molecule has 0 aliphatic carbocycles. The maximum atomic E-state index is 13.1. The Labute approximate surface area is 195 Å². The number of hydrogen-bond donors (Lipinski definition) is 0. The third kappa shape index (κ3) is 3.32. The van der Waals surface area contributed by atoms with Crippen molar-refractivity contribution >= 4 is 47.4 Å². The van der Waals surface area contributed by atoms with Gasteiger partial charge in [-0.1, -0.05) is 18.2 Å². The fraction of sp³-hybridized carbons (Fsp3) is 0.304. The van der Waals surface area contributed by atoms with E-state index in [0.717, 1.165) is 50.2 Å². The van der Waals surface area contributed by atoms with Gasteiger partial charge in [0.2, 0.25) is 10.0 Å². The molecular weight excluding hydrogens is 456 g/mol. The molecule has 1 aliphatic heterocycles. The van der Waals surface area contributed by atoms with Gasteiger partial charge in [0, 0.05) is 30.1 Å². The van der Waals surface area contributed by atoms with Crippen LogP contribution in [-0.2, 0) is 10.0 Å². The van der Waals surface area contributed by atoms with Crippen molar-refractivity contribution in [2.24, 2.45) is 0 Å². The Balaban J connectivity index is 1.40. The number of aromatic nitrogens is 5. The van der Waals surface area contributed by atoms with E-state index in [0.29, 0.717) is 23.8 Å². The van der Waals surface area contributed by atoms with Crippen LogP contribution < -0.4 is 0 Å². The molecule has 0 radical (unpaired) electrons. The number of benzene rings is 1. The Morgan fingerprint density at radius 1 is 1.12 bits per heavy atom. The minimum atomic E-state index is -3.54. The predicted molar refractivity (Wildman–Crippen MR) is 128 cm³/mol. The van der Waals surface area contributed by atoms with Crippen molar-refractivity contribution in [3.8, 4) is 0 Å². The predicted octanol–water partition coefficient (Wildman–Crippen LogP) is 4.07. The van der Waals surface area contributed by atoms with Crippen LogP contribution in [-0.4, -0.2) is 50.4 Å². The highest BCUT2D eigenvalue weighted by Crippen LogP contribution is 2.36. The molecule has 10 heteroatoms. The fourth-order valence-electron chi connectivity index (χ4n) is 4.67. The topological polar surface area (TPSA) is 93.4 Å². The Morgan fingerprint density at radius 3 is 2.76 bits per heavy atom. The average Bonchev–Trinajstić information content (AvgIpc) is 3.41. The summed E-state index contributed by atoms with van der Waals surface area (Å²) in [5, 5.41) is 5.75. The van der Waals surface area contributed by atoms with Crippen LogP contribution >= 0.6 is 11.3 Å². The molecule has 1 atom stereocenters. The van der Waals surface area contributed by atoms with Crippen molar-refractivity contribution in [3.05, 3.63) is 59.8 Å². The minimum Gasteiger partial charge on any atom is -0.242 e. The maximum Gasteiger partial charge on any atom is 0.243 e. The van der Waals surface area contributed by atoms with Crippen LogP contribution in [0.4, 0.5) is 0 Å². The summed E-state index contributed by atoms with van der Waals surface area (Å²) >= 11 is 1.58. The maximum absolute atomic E-state index is 13.1. The van der Waals surface area contributed by atoms with E-state index in [9.17, 15) is 8.42 Å². The number of fused-ring (bicyclic) bond motifs is 5. The number of nitrogens with zero attached hydrogens (tertiary/aromatic N) is 6. The van der Waals surface area contributed by atoms with Gasteiger partial charge < -0.3 is 0 Å². The Kier molecular flexibility index (Phi) is 4.72. The van der Waals surface area contributed by atoms with Crippen molar-refractivity contribution in [2.75, 3.05) is 13.1 Å². The lowest BCUT2D eigenvalue weighted by molar-refractivity contribution is 0.309. The SMILES string of the molecule is Cc1cc(C)c2c(n1)sc1c2ncn2nc([C@H]3CCCN(S(=O)(=O)c4ccccc4)C3)nc12. The minimum absolute atomic E-state index is 0.0660. The molecule has 0 saturated carbocycles. The van der Waals surface area contributed by atoms with Crippen LogP contribution in [0, 0.1) is 13.8 Å². The highest BCUT2D eigenvalue weighted by atomic mass is 32.2. The number of pyridine rings is 1. The van der Waals surface area contributed by atoms with Crippen molar-refractivity contribution in [3.63, 3.8) is 0 Å². The van der Waals surface area contributed by atoms with Gasteiger partial charge in [0.15, 0.2) is 11.5 Å². The number of rotatable bonds is 3. The van der Waals surface area contributed by atoms with Gasteiger partial charge in [-0.2, -0.15) is 4.31 Å². The van der Waals surface area contributed by atoms with E-state index >= 15 is 0 Å². The molecule has 1 saturated heterocycles. The lowest BCUT2D eigenvalue weighted by Gasteiger charge is -2.30. The smallest absolute Gasteiger partial charge is 0.242 e. The molecule has 0 N–H and O–H groups in total. The number of piperidine rings is 1. The second kappa shape index (κ2) is 7.54. The van der Waals surface area contributed by atoms with Crippen LogP contribution in [0.15, 0.2) is 47.6 Å². The molecule has 1 aromatic carbocycles. The second-order valence-electron chi connectivity index (χ2n) is 8.54. The molecule has 168 valence electrons. The highest BCUT2D eigenvalue weighted by Gasteiger charge is 2.33. The van der Waals surface area contributed by atoms with Crippen LogP contribution in [0.25, 0.3) is 26.1 Å². The first kappa shape index (κ1) is 20.6. The molecule has 33 heavy (non-hydrogen) atoms. The third-order valence-electron chi connectivity index (χ3n) is 6.24. The van der Waals surface area contributed by atoms with Crippen molar-refractivity contribution < 1.29 is 8.42 Å². The summed E-state index contributed by atoms with van der Waals surface area (Å²) in [7, 11) is -3.54. The zero-order valence-electron chi connectivity index (χ0n) is 18.3. The summed E-state index contributed by atoms with van der Waals surface area (Å²) in [6, 6.07) is 10.7. The largest absolute Gasteiger partial charge is 0.243 e. The van der Waals surface area contributed by atoms with E-state index in [4.69, 9.17) is 15.1 Å². The van der Waals surface area contributed by atoms with E-state index in [1.165, 1.54) is 0 Å². The Bertz CT molecular complexity index is 1630. The summed E-state index contributed by atoms with van der Waals surface area (Å²) < 4.78 is 30.5. The van der Waals surface area contributed by atoms with E-state index in [-0.39, 0.29) is 5.92 Å². The quantitative estimate of drug-likeness (QED) is 0.388. The van der Waals surface area contributed by atoms with Crippen LogP contribution in [0.2, 0.25) is 0 Å². The van der Waals surface area contributed by atoms with E-state index in [1.54, 1.807) is 50.8 Å². The molecule has 0 amide bonds. The monoisotopic (exact) mass is 478 g/mol. The van der Waals surface area contributed by atoms with Gasteiger partial charge in [-0.15, -0.1) is 16.4 Å². The van der Waals surface area contributed by atoms with Crippen molar-refractivity contribution in [2.45, 2.75) is 37.5 Å². The molecule has 1 aliphatic rings. The van der Waals surface area contributed by atoms with Gasteiger partial charge >= 0.3 is 0 Å². The third-order valence-corrected chi connectivity index (χ3v) is 9.19. The molecule has 6 rings (SSSR count). The zero-order chi connectivity index (χ0) is 22.7. The first-order valence-electron chi connectivity index (χ1n) is 10.9. The summed E-state index contributed by atoms with van der Waals surface area (Å²) in [5.74, 6) is 0.597. The normalized spacial score (nSPS) is 17.9. The van der Waals surface area contributed by atoms with Gasteiger partial charge in [0.25, 0.3) is 0 Å². The molecule has 4 aromatic heterocycles. The number of thiophene rings is 1. The van der Waals surface area contributed by atoms with Crippen LogP contribution in [0.1, 0.15) is 35.8 Å². The van der Waals surface area contributed by atoms with Crippen molar-refractivity contribution in [1.82, 2.24) is 28.9 Å². The van der Waals surface area contributed by atoms with Gasteiger partial charge in [0.05, 0.1) is 10.4 Å². The molecule has 5 heterocycles. The van der Waals surface area contributed by atoms with E-state index in [1.807, 2.05) is 13.0 Å². The Hall–Kier alpha value is -2.95. The molecular formula is C23H22N6O2S2. The first-order valence-corrected chi connectivity index (χ1v) is 13.1. The Morgan fingerprint density at radius 2 is 1.94 bits per heavy atom. The van der Waals surface area contributed by atoms with Gasteiger partial charge in [-0.05, 0) is 50.5 Å².